The van der Waals surface area contributed by atoms with Crippen molar-refractivity contribution in [3.63, 3.8) is 0 Å². The molecule has 0 N–H and O–H groups in total. The summed E-state index contributed by atoms with van der Waals surface area (Å²) in [5.41, 5.74) is 11.9. The van der Waals surface area contributed by atoms with Gasteiger partial charge in [-0.05, 0) is 89.3 Å². The second kappa shape index (κ2) is 9.97. The predicted octanol–water partition coefficient (Wildman–Crippen LogP) is 11.1. The Hall–Kier alpha value is -5.18. The van der Waals surface area contributed by atoms with Gasteiger partial charge in [-0.2, -0.15) is 0 Å². The lowest BCUT2D eigenvalue weighted by Crippen LogP contribution is -2.03. The van der Waals surface area contributed by atoms with Crippen molar-refractivity contribution in [2.45, 2.75) is 0 Å². The first-order valence-corrected chi connectivity index (χ1v) is 14.7. The highest BCUT2D eigenvalue weighted by molar-refractivity contribution is 6.31. The summed E-state index contributed by atoms with van der Waals surface area (Å²) in [5, 5.41) is 5.21. The van der Waals surface area contributed by atoms with Crippen LogP contribution in [0.3, 0.4) is 0 Å². The van der Waals surface area contributed by atoms with Crippen molar-refractivity contribution in [2.75, 3.05) is 7.11 Å². The largest absolute Gasteiger partial charge is 0.465 e. The third-order valence-electron chi connectivity index (χ3n) is 8.60. The number of esters is 1. The average molecular weight is 573 g/mol. The maximum Gasteiger partial charge on any atom is 0.338 e. The summed E-state index contributed by atoms with van der Waals surface area (Å²) in [5.74, 6) is -0.409. The molecular formula is C40H25ClO2. The minimum Gasteiger partial charge on any atom is -0.465 e. The van der Waals surface area contributed by atoms with Gasteiger partial charge in [-0.15, -0.1) is 0 Å². The number of carbonyl (C=O) groups excluding carboxylic acids is 1. The minimum atomic E-state index is -0.409. The van der Waals surface area contributed by atoms with Crippen LogP contribution in [0.15, 0.2) is 133 Å². The average Bonchev–Trinajstić information content (AvgIpc) is 3.39. The number of fused-ring (bicyclic) bond motifs is 4. The Morgan fingerprint density at radius 1 is 0.512 bits per heavy atom. The Kier molecular flexibility index (Phi) is 5.92. The molecule has 0 unspecified atom stereocenters. The van der Waals surface area contributed by atoms with Crippen LogP contribution in [0.5, 0.6) is 0 Å². The van der Waals surface area contributed by atoms with Crippen molar-refractivity contribution < 1.29 is 9.53 Å². The summed E-state index contributed by atoms with van der Waals surface area (Å²) >= 11 is 6.34. The van der Waals surface area contributed by atoms with Crippen LogP contribution < -0.4 is 0 Å². The van der Waals surface area contributed by atoms with E-state index in [1.54, 1.807) is 6.07 Å². The standard InChI is InChI=1S/C40H25ClO2/c1-43-40(42)34-23-26(41)19-20-28(34)27-21-22-33-37-29(27)17-10-18-32(37)38-35(24-11-4-2-5-12-24)30-15-8-9-16-31(30)36(39(33)38)25-13-6-3-7-14-25/h2-23H,1H3. The molecule has 204 valence electrons. The summed E-state index contributed by atoms with van der Waals surface area (Å²) < 4.78 is 5.15. The van der Waals surface area contributed by atoms with Crippen LogP contribution in [-0.4, -0.2) is 13.1 Å². The quantitative estimate of drug-likeness (QED) is 0.196. The zero-order valence-electron chi connectivity index (χ0n) is 23.4. The van der Waals surface area contributed by atoms with Gasteiger partial charge in [0.2, 0.25) is 0 Å². The number of carbonyl (C=O) groups is 1. The molecule has 7 aromatic rings. The molecule has 0 saturated carbocycles. The summed E-state index contributed by atoms with van der Waals surface area (Å²) in [6.07, 6.45) is 0. The molecule has 8 rings (SSSR count). The second-order valence-corrected chi connectivity index (χ2v) is 11.3. The third-order valence-corrected chi connectivity index (χ3v) is 8.83. The lowest BCUT2D eigenvalue weighted by Gasteiger charge is -2.20. The molecule has 0 bridgehead atoms. The zero-order chi connectivity index (χ0) is 29.1. The van der Waals surface area contributed by atoms with E-state index in [1.807, 2.05) is 12.1 Å². The normalized spacial score (nSPS) is 11.6. The predicted molar refractivity (Wildman–Crippen MR) is 179 cm³/mol. The molecule has 0 spiro atoms. The number of benzene rings is 7. The molecular weight excluding hydrogens is 548 g/mol. The molecule has 0 aliphatic heterocycles. The summed E-state index contributed by atoms with van der Waals surface area (Å²) in [6, 6.07) is 46.4. The van der Waals surface area contributed by atoms with Gasteiger partial charge in [0.25, 0.3) is 0 Å². The molecule has 0 aromatic heterocycles. The SMILES string of the molecule is COC(=O)c1cc(Cl)ccc1-c1ccc2c3c(cccc13)-c1c-2c(-c2ccccc2)c2ccccc2c1-c1ccccc1. The van der Waals surface area contributed by atoms with E-state index in [0.29, 0.717) is 10.6 Å². The fourth-order valence-corrected chi connectivity index (χ4v) is 7.05. The molecule has 3 heteroatoms. The van der Waals surface area contributed by atoms with Gasteiger partial charge >= 0.3 is 5.97 Å². The maximum atomic E-state index is 12.9. The van der Waals surface area contributed by atoms with Crippen molar-refractivity contribution in [1.82, 2.24) is 0 Å². The Bertz CT molecular complexity index is 2140. The molecule has 7 aromatic carbocycles. The molecule has 1 aliphatic carbocycles. The van der Waals surface area contributed by atoms with Crippen molar-refractivity contribution in [2.24, 2.45) is 0 Å². The van der Waals surface area contributed by atoms with E-state index in [4.69, 9.17) is 16.3 Å². The van der Waals surface area contributed by atoms with Crippen LogP contribution in [0.2, 0.25) is 5.02 Å². The van der Waals surface area contributed by atoms with Crippen LogP contribution in [0.1, 0.15) is 10.4 Å². The van der Waals surface area contributed by atoms with Crippen LogP contribution in [-0.2, 0) is 4.74 Å². The number of methoxy groups -OCH3 is 1. The van der Waals surface area contributed by atoms with Gasteiger partial charge in [-0.25, -0.2) is 4.79 Å². The van der Waals surface area contributed by atoms with Crippen LogP contribution >= 0.6 is 11.6 Å². The van der Waals surface area contributed by atoms with Gasteiger partial charge in [0.1, 0.15) is 0 Å². The smallest absolute Gasteiger partial charge is 0.338 e. The molecule has 1 aliphatic rings. The van der Waals surface area contributed by atoms with Gasteiger partial charge < -0.3 is 4.74 Å². The number of rotatable bonds is 4. The fourth-order valence-electron chi connectivity index (χ4n) is 6.87. The first kappa shape index (κ1) is 25.5. The number of ether oxygens (including phenoxy) is 1. The molecule has 0 atom stereocenters. The second-order valence-electron chi connectivity index (χ2n) is 10.8. The molecule has 2 nitrogen and oxygen atoms in total. The molecule has 0 fully saturated rings. The molecule has 0 saturated heterocycles. The first-order valence-electron chi connectivity index (χ1n) is 14.3. The van der Waals surface area contributed by atoms with Crippen LogP contribution in [0.25, 0.3) is 77.2 Å². The number of hydrogen-bond acceptors (Lipinski definition) is 2. The maximum absolute atomic E-state index is 12.9. The number of hydrogen-bond donors (Lipinski definition) is 0. The van der Waals surface area contributed by atoms with Gasteiger partial charge in [0.15, 0.2) is 0 Å². The van der Waals surface area contributed by atoms with E-state index in [9.17, 15) is 4.79 Å². The van der Waals surface area contributed by atoms with Crippen LogP contribution in [0.4, 0.5) is 0 Å². The Morgan fingerprint density at radius 3 is 1.63 bits per heavy atom. The molecule has 0 amide bonds. The van der Waals surface area contributed by atoms with E-state index in [2.05, 4.69) is 115 Å². The first-order chi connectivity index (χ1) is 21.2. The van der Waals surface area contributed by atoms with Gasteiger partial charge in [-0.1, -0.05) is 133 Å². The number of halogens is 1. The van der Waals surface area contributed by atoms with E-state index in [-0.39, 0.29) is 0 Å². The fraction of sp³-hybridized carbons (Fsp3) is 0.0250. The topological polar surface area (TPSA) is 26.3 Å². The highest BCUT2D eigenvalue weighted by atomic mass is 35.5. The van der Waals surface area contributed by atoms with E-state index < -0.39 is 5.97 Å². The molecule has 0 radical (unpaired) electrons. The van der Waals surface area contributed by atoms with Crippen molar-refractivity contribution in [3.05, 3.63) is 144 Å². The minimum absolute atomic E-state index is 0.409. The van der Waals surface area contributed by atoms with Gasteiger partial charge in [-0.3, -0.25) is 0 Å². The summed E-state index contributed by atoms with van der Waals surface area (Å²) in [7, 11) is 1.40. The molecule has 43 heavy (non-hydrogen) atoms. The monoisotopic (exact) mass is 572 g/mol. The van der Waals surface area contributed by atoms with Crippen molar-refractivity contribution in [3.8, 4) is 55.6 Å². The van der Waals surface area contributed by atoms with Crippen molar-refractivity contribution in [1.29, 1.82) is 0 Å². The summed E-state index contributed by atoms with van der Waals surface area (Å²) in [4.78, 5) is 12.9. The summed E-state index contributed by atoms with van der Waals surface area (Å²) in [6.45, 7) is 0. The lowest BCUT2D eigenvalue weighted by molar-refractivity contribution is 0.0601. The van der Waals surface area contributed by atoms with Gasteiger partial charge in [0, 0.05) is 5.02 Å². The Balaban J connectivity index is 1.54. The lowest BCUT2D eigenvalue weighted by atomic mass is 9.82. The zero-order valence-corrected chi connectivity index (χ0v) is 24.2. The third kappa shape index (κ3) is 3.84. The highest BCUT2D eigenvalue weighted by Crippen LogP contribution is 2.58. The van der Waals surface area contributed by atoms with E-state index >= 15 is 0 Å². The Morgan fingerprint density at radius 2 is 1.02 bits per heavy atom. The van der Waals surface area contributed by atoms with Gasteiger partial charge in [0.05, 0.1) is 12.7 Å². The van der Waals surface area contributed by atoms with E-state index in [0.717, 1.165) is 16.5 Å². The molecule has 0 heterocycles. The van der Waals surface area contributed by atoms with Crippen molar-refractivity contribution >= 4 is 39.1 Å². The highest BCUT2D eigenvalue weighted by Gasteiger charge is 2.31. The van der Waals surface area contributed by atoms with Crippen LogP contribution in [0, 0.1) is 0 Å². The Labute approximate surface area is 254 Å². The van der Waals surface area contributed by atoms with E-state index in [1.165, 1.54) is 67.8 Å².